The molecular formula is C19H27NO2. The molecule has 1 amide bonds. The van der Waals surface area contributed by atoms with E-state index in [1.807, 2.05) is 26.8 Å². The van der Waals surface area contributed by atoms with E-state index in [0.29, 0.717) is 6.54 Å². The van der Waals surface area contributed by atoms with Gasteiger partial charge in [0.25, 0.3) is 5.91 Å². The molecule has 1 aromatic rings. The lowest BCUT2D eigenvalue weighted by Gasteiger charge is -2.19. The summed E-state index contributed by atoms with van der Waals surface area (Å²) in [5.74, 6) is 0.752. The van der Waals surface area contributed by atoms with E-state index in [9.17, 15) is 4.79 Å². The number of aryl methyl sites for hydroxylation is 2. The Morgan fingerprint density at radius 1 is 1.27 bits per heavy atom. The summed E-state index contributed by atoms with van der Waals surface area (Å²) in [5.41, 5.74) is 4.78. The van der Waals surface area contributed by atoms with Crippen LogP contribution in [0.25, 0.3) is 0 Å². The zero-order valence-electron chi connectivity index (χ0n) is 14.2. The average molecular weight is 301 g/mol. The van der Waals surface area contributed by atoms with E-state index in [-0.39, 0.29) is 5.91 Å². The fourth-order valence-corrected chi connectivity index (χ4v) is 2.78. The number of amides is 1. The first-order chi connectivity index (χ1) is 10.5. The number of carbonyl (C=O) groups is 1. The molecule has 0 spiro atoms. The molecule has 0 saturated heterocycles. The van der Waals surface area contributed by atoms with Crippen LogP contribution in [0.3, 0.4) is 0 Å². The molecule has 0 heterocycles. The van der Waals surface area contributed by atoms with Crippen LogP contribution in [0.2, 0.25) is 0 Å². The van der Waals surface area contributed by atoms with Crippen molar-refractivity contribution >= 4 is 5.91 Å². The molecule has 0 radical (unpaired) electrons. The van der Waals surface area contributed by atoms with Crippen LogP contribution >= 0.6 is 0 Å². The summed E-state index contributed by atoms with van der Waals surface area (Å²) in [6, 6.07) is 4.12. The number of ether oxygens (including phenoxy) is 1. The Labute approximate surface area is 133 Å². The van der Waals surface area contributed by atoms with Crippen LogP contribution in [0.1, 0.15) is 49.3 Å². The molecule has 2 rings (SSSR count). The van der Waals surface area contributed by atoms with E-state index in [1.54, 1.807) is 0 Å². The van der Waals surface area contributed by atoms with Crippen LogP contribution < -0.4 is 10.1 Å². The van der Waals surface area contributed by atoms with Gasteiger partial charge in [-0.05, 0) is 76.1 Å². The van der Waals surface area contributed by atoms with Crippen LogP contribution in [0.5, 0.6) is 5.75 Å². The zero-order valence-corrected chi connectivity index (χ0v) is 14.2. The van der Waals surface area contributed by atoms with Crippen molar-refractivity contribution in [2.75, 3.05) is 6.54 Å². The van der Waals surface area contributed by atoms with Crippen molar-refractivity contribution in [3.05, 3.63) is 40.5 Å². The summed E-state index contributed by atoms with van der Waals surface area (Å²) < 4.78 is 5.88. The third-order valence-electron chi connectivity index (χ3n) is 4.31. The maximum absolute atomic E-state index is 12.2. The van der Waals surface area contributed by atoms with Gasteiger partial charge in [-0.3, -0.25) is 4.79 Å². The minimum absolute atomic E-state index is 0.0509. The van der Waals surface area contributed by atoms with E-state index in [1.165, 1.54) is 24.0 Å². The van der Waals surface area contributed by atoms with Gasteiger partial charge in [0.1, 0.15) is 5.75 Å². The molecule has 0 saturated carbocycles. The number of carbonyl (C=O) groups excluding carboxylic acids is 1. The molecule has 22 heavy (non-hydrogen) atoms. The molecule has 1 aliphatic rings. The van der Waals surface area contributed by atoms with Gasteiger partial charge in [-0.25, -0.2) is 0 Å². The number of allylic oxidation sites excluding steroid dienone is 1. The first kappa shape index (κ1) is 16.6. The van der Waals surface area contributed by atoms with Gasteiger partial charge in [0.05, 0.1) is 0 Å². The Morgan fingerprint density at radius 2 is 2.05 bits per heavy atom. The highest BCUT2D eigenvalue weighted by molar-refractivity contribution is 5.81. The standard InChI is InChI=1S/C19H27NO2/c1-13-10-14(2)15(3)18(11-13)22-16(4)19(21)20-12-17-8-6-5-7-9-17/h8,10-11,16H,5-7,9,12H2,1-4H3,(H,20,21)/t16-/m1/s1. The lowest BCUT2D eigenvalue weighted by atomic mass is 10.00. The van der Waals surface area contributed by atoms with Gasteiger partial charge >= 0.3 is 0 Å². The minimum Gasteiger partial charge on any atom is -0.481 e. The summed E-state index contributed by atoms with van der Waals surface area (Å²) in [7, 11) is 0. The third kappa shape index (κ3) is 4.36. The second-order valence-corrected chi connectivity index (χ2v) is 6.29. The number of hydrogen-bond donors (Lipinski definition) is 1. The SMILES string of the molecule is Cc1cc(C)c(C)c(O[C@H](C)C(=O)NCC2=CCCCC2)c1. The van der Waals surface area contributed by atoms with Gasteiger partial charge < -0.3 is 10.1 Å². The summed E-state index contributed by atoms with van der Waals surface area (Å²) >= 11 is 0. The Morgan fingerprint density at radius 3 is 2.73 bits per heavy atom. The Kier molecular flexibility index (Phi) is 5.64. The molecule has 1 N–H and O–H groups in total. The normalized spacial score (nSPS) is 15.9. The highest BCUT2D eigenvalue weighted by Crippen LogP contribution is 2.24. The summed E-state index contributed by atoms with van der Waals surface area (Å²) in [6.07, 6.45) is 6.51. The molecule has 1 aliphatic carbocycles. The van der Waals surface area contributed by atoms with Crippen molar-refractivity contribution in [2.24, 2.45) is 0 Å². The van der Waals surface area contributed by atoms with E-state index >= 15 is 0 Å². The van der Waals surface area contributed by atoms with Crippen molar-refractivity contribution in [3.63, 3.8) is 0 Å². The lowest BCUT2D eigenvalue weighted by Crippen LogP contribution is -2.37. The molecule has 3 nitrogen and oxygen atoms in total. The summed E-state index contributed by atoms with van der Waals surface area (Å²) in [6.45, 7) is 8.59. The van der Waals surface area contributed by atoms with Crippen molar-refractivity contribution in [2.45, 2.75) is 59.5 Å². The second-order valence-electron chi connectivity index (χ2n) is 6.29. The lowest BCUT2D eigenvalue weighted by molar-refractivity contribution is -0.127. The molecule has 120 valence electrons. The fourth-order valence-electron chi connectivity index (χ4n) is 2.78. The quantitative estimate of drug-likeness (QED) is 0.835. The highest BCUT2D eigenvalue weighted by Gasteiger charge is 2.16. The number of hydrogen-bond acceptors (Lipinski definition) is 2. The zero-order chi connectivity index (χ0) is 16.1. The minimum atomic E-state index is -0.482. The smallest absolute Gasteiger partial charge is 0.261 e. The van der Waals surface area contributed by atoms with Crippen LogP contribution in [0.15, 0.2) is 23.8 Å². The Hall–Kier alpha value is -1.77. The summed E-state index contributed by atoms with van der Waals surface area (Å²) in [4.78, 5) is 12.2. The van der Waals surface area contributed by atoms with Crippen LogP contribution in [0, 0.1) is 20.8 Å². The van der Waals surface area contributed by atoms with Crippen molar-refractivity contribution < 1.29 is 9.53 Å². The Balaban J connectivity index is 1.92. The topological polar surface area (TPSA) is 38.3 Å². The van der Waals surface area contributed by atoms with E-state index in [0.717, 1.165) is 29.7 Å². The maximum atomic E-state index is 12.2. The predicted octanol–water partition coefficient (Wildman–Crippen LogP) is 4.00. The first-order valence-corrected chi connectivity index (χ1v) is 8.17. The third-order valence-corrected chi connectivity index (χ3v) is 4.31. The largest absolute Gasteiger partial charge is 0.481 e. The molecule has 0 fully saturated rings. The second kappa shape index (κ2) is 7.48. The van der Waals surface area contributed by atoms with Gasteiger partial charge in [0.15, 0.2) is 6.10 Å². The highest BCUT2D eigenvalue weighted by atomic mass is 16.5. The van der Waals surface area contributed by atoms with Crippen LogP contribution in [0.4, 0.5) is 0 Å². The van der Waals surface area contributed by atoms with E-state index < -0.39 is 6.10 Å². The molecule has 0 aliphatic heterocycles. The van der Waals surface area contributed by atoms with Gasteiger partial charge in [-0.1, -0.05) is 17.7 Å². The van der Waals surface area contributed by atoms with Crippen LogP contribution in [-0.4, -0.2) is 18.6 Å². The predicted molar refractivity (Wildman–Crippen MR) is 90.3 cm³/mol. The van der Waals surface area contributed by atoms with Gasteiger partial charge in [-0.15, -0.1) is 0 Å². The molecular weight excluding hydrogens is 274 g/mol. The number of rotatable bonds is 5. The van der Waals surface area contributed by atoms with E-state index in [2.05, 4.69) is 24.4 Å². The first-order valence-electron chi connectivity index (χ1n) is 8.17. The van der Waals surface area contributed by atoms with Gasteiger partial charge in [0.2, 0.25) is 0 Å². The fraction of sp³-hybridized carbons (Fsp3) is 0.526. The van der Waals surface area contributed by atoms with Gasteiger partial charge in [-0.2, -0.15) is 0 Å². The van der Waals surface area contributed by atoms with E-state index in [4.69, 9.17) is 4.74 Å². The molecule has 0 aromatic heterocycles. The van der Waals surface area contributed by atoms with Crippen molar-refractivity contribution in [1.82, 2.24) is 5.32 Å². The Bertz CT molecular complexity index is 575. The molecule has 3 heteroatoms. The number of benzene rings is 1. The van der Waals surface area contributed by atoms with Crippen LogP contribution in [-0.2, 0) is 4.79 Å². The molecule has 0 unspecified atom stereocenters. The molecule has 1 aromatic carbocycles. The number of nitrogens with one attached hydrogen (secondary N) is 1. The van der Waals surface area contributed by atoms with Crippen molar-refractivity contribution in [1.29, 1.82) is 0 Å². The van der Waals surface area contributed by atoms with Crippen molar-refractivity contribution in [3.8, 4) is 5.75 Å². The summed E-state index contributed by atoms with van der Waals surface area (Å²) in [5, 5.41) is 2.99. The molecule has 0 bridgehead atoms. The molecule has 1 atom stereocenters. The maximum Gasteiger partial charge on any atom is 0.261 e. The monoisotopic (exact) mass is 301 g/mol. The average Bonchev–Trinajstić information content (AvgIpc) is 2.50. The van der Waals surface area contributed by atoms with Gasteiger partial charge in [0, 0.05) is 6.54 Å².